The van der Waals surface area contributed by atoms with Crippen molar-refractivity contribution in [2.75, 3.05) is 5.32 Å². The third kappa shape index (κ3) is 3.60. The summed E-state index contributed by atoms with van der Waals surface area (Å²) in [7, 11) is 0. The number of anilines is 1. The zero-order chi connectivity index (χ0) is 11.3. The molecule has 1 amide bonds. The third-order valence-corrected chi connectivity index (χ3v) is 2.13. The van der Waals surface area contributed by atoms with Crippen LogP contribution in [-0.4, -0.2) is 15.9 Å². The Kier molecular flexibility index (Phi) is 7.68. The molecule has 0 aromatic carbocycles. The number of amides is 1. The summed E-state index contributed by atoms with van der Waals surface area (Å²) in [6.45, 7) is 8.78. The van der Waals surface area contributed by atoms with E-state index in [-0.39, 0.29) is 38.6 Å². The van der Waals surface area contributed by atoms with E-state index < -0.39 is 0 Å². The largest absolute Gasteiger partial charge is 0.346 e. The first-order chi connectivity index (χ1) is 7.31. The van der Waals surface area contributed by atoms with Gasteiger partial charge in [0.25, 0.3) is 0 Å². The van der Waals surface area contributed by atoms with E-state index in [1.165, 1.54) is 6.33 Å². The first-order valence-corrected chi connectivity index (χ1v) is 4.94. The zero-order valence-corrected chi connectivity index (χ0v) is 12.3. The molecule has 1 aliphatic rings. The molecule has 2 heterocycles. The molecule has 2 rings (SSSR count). The molecule has 0 spiro atoms. The van der Waals surface area contributed by atoms with Crippen LogP contribution in [0.3, 0.4) is 0 Å². The number of hydrogen-bond acceptors (Lipinski definition) is 3. The van der Waals surface area contributed by atoms with E-state index in [0.29, 0.717) is 18.7 Å². The Labute approximate surface area is 122 Å². The molecule has 16 heavy (non-hydrogen) atoms. The Morgan fingerprint density at radius 3 is 2.69 bits per heavy atom. The van der Waals surface area contributed by atoms with Crippen LogP contribution in [0, 0.1) is 13.8 Å². The summed E-state index contributed by atoms with van der Waals surface area (Å²) in [5, 5.41) is 2.72. The quantitative estimate of drug-likeness (QED) is 0.800. The minimum atomic E-state index is 0. The van der Waals surface area contributed by atoms with Crippen molar-refractivity contribution in [2.45, 2.75) is 26.2 Å². The maximum absolute atomic E-state index is 11.0. The Hall–Kier alpha value is -0.346. The Balaban J connectivity index is 0.000000711. The van der Waals surface area contributed by atoms with Crippen LogP contribution in [0.1, 0.15) is 24.6 Å². The molecular formula is C11H15N3OY-2. The van der Waals surface area contributed by atoms with E-state index in [9.17, 15) is 4.79 Å². The van der Waals surface area contributed by atoms with Gasteiger partial charge < -0.3 is 19.2 Å². The van der Waals surface area contributed by atoms with Crippen molar-refractivity contribution in [1.29, 1.82) is 0 Å². The summed E-state index contributed by atoms with van der Waals surface area (Å²) in [5.74, 6) is 0.686. The fraction of sp³-hybridized carbons (Fsp3) is 0.364. The second-order valence-corrected chi connectivity index (χ2v) is 2.95. The second kappa shape index (κ2) is 7.85. The van der Waals surface area contributed by atoms with Crippen LogP contribution < -0.4 is 5.32 Å². The van der Waals surface area contributed by atoms with Crippen molar-refractivity contribution in [3.05, 3.63) is 31.4 Å². The Morgan fingerprint density at radius 2 is 2.06 bits per heavy atom. The number of carbonyl (C=O) groups excluding carboxylic acids is 1. The molecule has 4 nitrogen and oxygen atoms in total. The van der Waals surface area contributed by atoms with Gasteiger partial charge >= 0.3 is 0 Å². The maximum atomic E-state index is 11.0. The predicted molar refractivity (Wildman–Crippen MR) is 59.1 cm³/mol. The molecule has 85 valence electrons. The Morgan fingerprint density at radius 1 is 1.38 bits per heavy atom. The molecule has 1 aromatic heterocycles. The van der Waals surface area contributed by atoms with Crippen molar-refractivity contribution < 1.29 is 37.5 Å². The Bertz CT molecular complexity index is 355. The summed E-state index contributed by atoms with van der Waals surface area (Å²) in [4.78, 5) is 19.2. The summed E-state index contributed by atoms with van der Waals surface area (Å²) in [5.41, 5.74) is 1.97. The summed E-state index contributed by atoms with van der Waals surface area (Å²) >= 11 is 0. The molecule has 5 heteroatoms. The van der Waals surface area contributed by atoms with Gasteiger partial charge in [-0.2, -0.15) is 6.92 Å². The molecule has 0 bridgehead atoms. The van der Waals surface area contributed by atoms with Crippen molar-refractivity contribution in [2.24, 2.45) is 0 Å². The van der Waals surface area contributed by atoms with E-state index in [0.717, 1.165) is 17.7 Å². The molecule has 1 aliphatic heterocycles. The van der Waals surface area contributed by atoms with Crippen LogP contribution in [0.15, 0.2) is 6.33 Å². The first-order valence-electron chi connectivity index (χ1n) is 4.94. The molecule has 0 atom stereocenters. The maximum Gasteiger partial charge on any atom is 0.225 e. The van der Waals surface area contributed by atoms with Gasteiger partial charge in [0.05, 0.1) is 0 Å². The minimum Gasteiger partial charge on any atom is -0.346 e. The molecule has 0 saturated carbocycles. The summed E-state index contributed by atoms with van der Waals surface area (Å²) < 4.78 is 0. The van der Waals surface area contributed by atoms with Gasteiger partial charge in [-0.1, -0.05) is 0 Å². The number of hydrogen-bond donors (Lipinski definition) is 1. The molecule has 0 aliphatic carbocycles. The average molecular weight is 294 g/mol. The standard InChI is InChI=1S/C9H10N3O.C2H5.Y/c1-2-7-6-3-4-8(13)12-9(6)11-5-10-7;1-2;/h5H,1-4H2,(H,10,11,12,13);1H2,2H3;/q2*-1;. The summed E-state index contributed by atoms with van der Waals surface area (Å²) in [6.07, 6.45) is 3.35. The first kappa shape index (κ1) is 15.7. The van der Waals surface area contributed by atoms with Crippen molar-refractivity contribution >= 4 is 11.7 Å². The molecule has 1 aromatic rings. The van der Waals surface area contributed by atoms with E-state index >= 15 is 0 Å². The van der Waals surface area contributed by atoms with Gasteiger partial charge in [0.15, 0.2) is 0 Å². The summed E-state index contributed by atoms with van der Waals surface area (Å²) in [6, 6.07) is 0. The fourth-order valence-electron chi connectivity index (χ4n) is 1.47. The van der Waals surface area contributed by atoms with Crippen LogP contribution in [0.25, 0.3) is 0 Å². The fourth-order valence-corrected chi connectivity index (χ4v) is 1.47. The normalized spacial score (nSPS) is 12.6. The second-order valence-electron chi connectivity index (χ2n) is 2.95. The minimum absolute atomic E-state index is 0. The van der Waals surface area contributed by atoms with Gasteiger partial charge in [0, 0.05) is 50.4 Å². The molecule has 0 saturated heterocycles. The van der Waals surface area contributed by atoms with Crippen LogP contribution in [0.2, 0.25) is 0 Å². The van der Waals surface area contributed by atoms with Crippen molar-refractivity contribution in [3.8, 4) is 0 Å². The molecule has 1 N–H and O–H groups in total. The van der Waals surface area contributed by atoms with Gasteiger partial charge in [-0.25, -0.2) is 9.97 Å². The number of nitrogens with one attached hydrogen (secondary N) is 1. The topological polar surface area (TPSA) is 54.9 Å². The van der Waals surface area contributed by atoms with Gasteiger partial charge in [0.2, 0.25) is 5.91 Å². The van der Waals surface area contributed by atoms with Crippen LogP contribution in [0.4, 0.5) is 5.82 Å². The smallest absolute Gasteiger partial charge is 0.225 e. The molecule has 0 fully saturated rings. The van der Waals surface area contributed by atoms with Gasteiger partial charge in [-0.15, -0.1) is 6.42 Å². The van der Waals surface area contributed by atoms with Gasteiger partial charge in [-0.3, -0.25) is 4.79 Å². The number of rotatable bonds is 1. The SMILES string of the molecule is [CH2-]C.[CH2-]Cc1ncnc2c1CCC(=O)N2.[Y]. The zero-order valence-electron chi connectivity index (χ0n) is 9.49. The number of fused-ring (bicyclic) bond motifs is 1. The molecule has 0 unspecified atom stereocenters. The molecule has 1 radical (unpaired) electrons. The molecular weight excluding hydrogens is 279 g/mol. The predicted octanol–water partition coefficient (Wildman–Crippen LogP) is 1.58. The van der Waals surface area contributed by atoms with E-state index in [1.807, 2.05) is 0 Å². The average Bonchev–Trinajstić information content (AvgIpc) is 2.30. The number of aromatic nitrogens is 2. The van der Waals surface area contributed by atoms with E-state index in [2.05, 4.69) is 29.1 Å². The van der Waals surface area contributed by atoms with Crippen molar-refractivity contribution in [3.63, 3.8) is 0 Å². The van der Waals surface area contributed by atoms with E-state index in [4.69, 9.17) is 0 Å². The number of carbonyl (C=O) groups is 1. The monoisotopic (exact) mass is 294 g/mol. The van der Waals surface area contributed by atoms with Crippen molar-refractivity contribution in [1.82, 2.24) is 9.97 Å². The third-order valence-electron chi connectivity index (χ3n) is 2.13. The number of nitrogens with zero attached hydrogens (tertiary/aromatic N) is 2. The van der Waals surface area contributed by atoms with Gasteiger partial charge in [-0.05, 0) is 6.42 Å². The van der Waals surface area contributed by atoms with Crippen LogP contribution in [0.5, 0.6) is 0 Å². The van der Waals surface area contributed by atoms with E-state index in [1.54, 1.807) is 6.92 Å². The van der Waals surface area contributed by atoms with Crippen LogP contribution in [-0.2, 0) is 50.3 Å². The van der Waals surface area contributed by atoms with Gasteiger partial charge in [0.1, 0.15) is 12.1 Å². The van der Waals surface area contributed by atoms with Crippen LogP contribution >= 0.6 is 0 Å².